The Kier molecular flexibility index (Phi) is 13.4. The highest BCUT2D eigenvalue weighted by molar-refractivity contribution is 5.92. The van der Waals surface area contributed by atoms with Crippen LogP contribution in [0.3, 0.4) is 0 Å². The quantitative estimate of drug-likeness (QED) is 0.0910. The number of aliphatic hydroxyl groups is 2. The minimum atomic E-state index is -1.04. The number of nitrogens with zero attached hydrogens (tertiary/aromatic N) is 4. The number of ketones is 1. The number of anilines is 2. The van der Waals surface area contributed by atoms with Crippen molar-refractivity contribution in [3.63, 3.8) is 0 Å². The van der Waals surface area contributed by atoms with Gasteiger partial charge in [-0.3, -0.25) is 4.79 Å². The van der Waals surface area contributed by atoms with Crippen molar-refractivity contribution in [1.29, 1.82) is 0 Å². The first-order valence-corrected chi connectivity index (χ1v) is 22.4. The maximum atomic E-state index is 13.3. The molecule has 1 unspecified atom stereocenters. The standard InChI is InChI=1S/C47H63N9O5/c1-3-38(57)22-32-23-42(45(59)44(32)58)56-29-49-43-40(48-26-39(30-10-6-4-7-11-30)31-12-8-5-9-13-31)24-37(25-41(43)56)55-21-19-36(28-55)53-47(61)51-34-16-14-33(15-17-34)50-46(60)52-35-18-20-54(2)27-35/h4-13,24-25,29,32-36,39,42,44-45,48,58-59H,3,14-23,26-28H2,1-2H3,(H2,50,52,60)(H2,51,53,61)/t32-,33?,34?,35?,36+,42+,44+,45-/m0/s1. The monoisotopic (exact) mass is 833 g/mol. The summed E-state index contributed by atoms with van der Waals surface area (Å²) in [6.07, 6.45) is 5.82. The minimum absolute atomic E-state index is 0.0539. The predicted octanol–water partition coefficient (Wildman–Crippen LogP) is 5.12. The number of urea groups is 2. The summed E-state index contributed by atoms with van der Waals surface area (Å²) in [5, 5.41) is 38.9. The number of Topliss-reactive ketones (excluding diaryl/α,β-unsaturated/α-hetero) is 1. The van der Waals surface area contributed by atoms with Gasteiger partial charge in [-0.05, 0) is 87.7 Å². The molecule has 7 N–H and O–H groups in total. The second-order valence-corrected chi connectivity index (χ2v) is 17.9. The largest absolute Gasteiger partial charge is 0.390 e. The van der Waals surface area contributed by atoms with Gasteiger partial charge in [0.15, 0.2) is 0 Å². The second-order valence-electron chi connectivity index (χ2n) is 17.9. The van der Waals surface area contributed by atoms with Crippen LogP contribution in [0.2, 0.25) is 0 Å². The van der Waals surface area contributed by atoms with Crippen LogP contribution in [0, 0.1) is 5.92 Å². The molecule has 6 atom stereocenters. The fraction of sp³-hybridized carbons (Fsp3) is 0.532. The molecule has 8 rings (SSSR count). The van der Waals surface area contributed by atoms with Crippen molar-refractivity contribution in [2.45, 2.75) is 113 Å². The molecule has 4 amide bonds. The fourth-order valence-corrected chi connectivity index (χ4v) is 10.1. The average molecular weight is 834 g/mol. The molecule has 0 bridgehead atoms. The zero-order valence-corrected chi connectivity index (χ0v) is 35.5. The van der Waals surface area contributed by atoms with Crippen LogP contribution in [-0.4, -0.2) is 119 Å². The minimum Gasteiger partial charge on any atom is -0.390 e. The Morgan fingerprint density at radius 2 is 1.34 bits per heavy atom. The van der Waals surface area contributed by atoms with E-state index in [1.165, 1.54) is 11.1 Å². The summed E-state index contributed by atoms with van der Waals surface area (Å²) in [4.78, 5) is 47.7. The number of nitrogens with one attached hydrogen (secondary N) is 5. The number of aliphatic hydroxyl groups excluding tert-OH is 2. The van der Waals surface area contributed by atoms with E-state index in [4.69, 9.17) is 4.98 Å². The van der Waals surface area contributed by atoms with Gasteiger partial charge in [0.25, 0.3) is 0 Å². The fourth-order valence-electron chi connectivity index (χ4n) is 10.1. The van der Waals surface area contributed by atoms with Gasteiger partial charge in [-0.1, -0.05) is 67.6 Å². The molecular weight excluding hydrogens is 771 g/mol. The number of benzene rings is 3. The van der Waals surface area contributed by atoms with Gasteiger partial charge in [-0.25, -0.2) is 14.6 Å². The van der Waals surface area contributed by atoms with Crippen molar-refractivity contribution in [2.24, 2.45) is 5.92 Å². The lowest BCUT2D eigenvalue weighted by Crippen LogP contribution is -2.51. The molecule has 0 radical (unpaired) electrons. The maximum absolute atomic E-state index is 13.3. The third-order valence-electron chi connectivity index (χ3n) is 13.6. The highest BCUT2D eigenvalue weighted by Gasteiger charge is 2.43. The van der Waals surface area contributed by atoms with Crippen molar-refractivity contribution >= 4 is 40.3 Å². The molecular formula is C47H63N9O5. The number of carbonyl (C=O) groups excluding carboxylic acids is 3. The van der Waals surface area contributed by atoms with Gasteiger partial charge in [0.2, 0.25) is 0 Å². The van der Waals surface area contributed by atoms with E-state index in [9.17, 15) is 24.6 Å². The predicted molar refractivity (Wildman–Crippen MR) is 238 cm³/mol. The van der Waals surface area contributed by atoms with Crippen LogP contribution >= 0.6 is 0 Å². The number of aromatic nitrogens is 2. The van der Waals surface area contributed by atoms with Crippen molar-refractivity contribution in [1.82, 2.24) is 35.7 Å². The van der Waals surface area contributed by atoms with E-state index in [-0.39, 0.29) is 60.3 Å². The lowest BCUT2D eigenvalue weighted by atomic mass is 9.91. The number of hydrogen-bond acceptors (Lipinski definition) is 9. The van der Waals surface area contributed by atoms with Crippen molar-refractivity contribution < 1.29 is 24.6 Å². The maximum Gasteiger partial charge on any atom is 0.315 e. The first-order valence-electron chi connectivity index (χ1n) is 22.4. The van der Waals surface area contributed by atoms with Crippen LogP contribution in [0.5, 0.6) is 0 Å². The summed E-state index contributed by atoms with van der Waals surface area (Å²) in [5.41, 5.74) is 5.81. The topological polar surface area (TPSA) is 176 Å². The van der Waals surface area contributed by atoms with Crippen LogP contribution in [-0.2, 0) is 4.79 Å². The van der Waals surface area contributed by atoms with Crippen molar-refractivity contribution in [3.8, 4) is 0 Å². The number of imidazole rings is 1. The van der Waals surface area contributed by atoms with Crippen LogP contribution in [0.25, 0.3) is 11.0 Å². The van der Waals surface area contributed by atoms with E-state index < -0.39 is 18.2 Å². The molecule has 2 aliphatic carbocycles. The number of likely N-dealkylation sites (tertiary alicyclic amines) is 1. The molecule has 3 heterocycles. The Bertz CT molecular complexity index is 2070. The van der Waals surface area contributed by atoms with Crippen LogP contribution in [0.4, 0.5) is 21.0 Å². The molecule has 14 nitrogen and oxygen atoms in total. The molecule has 4 fully saturated rings. The van der Waals surface area contributed by atoms with Gasteiger partial charge >= 0.3 is 12.1 Å². The molecule has 2 saturated carbocycles. The Hall–Kier alpha value is -5.18. The van der Waals surface area contributed by atoms with Gasteiger partial charge in [0, 0.05) is 74.8 Å². The van der Waals surface area contributed by atoms with Gasteiger partial charge in [0.05, 0.1) is 29.7 Å². The zero-order chi connectivity index (χ0) is 42.5. The molecule has 4 aliphatic rings. The van der Waals surface area contributed by atoms with E-state index >= 15 is 0 Å². The summed E-state index contributed by atoms with van der Waals surface area (Å²) < 4.78 is 1.98. The number of hydrogen-bond donors (Lipinski definition) is 7. The van der Waals surface area contributed by atoms with Crippen LogP contribution < -0.4 is 31.5 Å². The van der Waals surface area contributed by atoms with Gasteiger partial charge in [-0.2, -0.15) is 0 Å². The first kappa shape index (κ1) is 42.5. The Morgan fingerprint density at radius 3 is 1.93 bits per heavy atom. The summed E-state index contributed by atoms with van der Waals surface area (Å²) in [6, 6.07) is 24.7. The Morgan fingerprint density at radius 1 is 0.754 bits per heavy atom. The average Bonchev–Trinajstić information content (AvgIpc) is 4.07. The molecule has 1 aromatic heterocycles. The number of likely N-dealkylation sites (N-methyl/N-ethyl adjacent to an activating group) is 1. The van der Waals surface area contributed by atoms with Gasteiger partial charge < -0.3 is 51.2 Å². The van der Waals surface area contributed by atoms with Crippen LogP contribution in [0.1, 0.15) is 87.8 Å². The van der Waals surface area contributed by atoms with Gasteiger partial charge in [-0.15, -0.1) is 0 Å². The lowest BCUT2D eigenvalue weighted by Gasteiger charge is -2.30. The lowest BCUT2D eigenvalue weighted by molar-refractivity contribution is -0.120. The highest BCUT2D eigenvalue weighted by atomic mass is 16.3. The number of rotatable bonds is 14. The normalized spacial score (nSPS) is 26.7. The first-order chi connectivity index (χ1) is 29.6. The molecule has 2 saturated heterocycles. The van der Waals surface area contributed by atoms with E-state index in [2.05, 4.69) is 104 Å². The summed E-state index contributed by atoms with van der Waals surface area (Å²) >= 11 is 0. The summed E-state index contributed by atoms with van der Waals surface area (Å²) in [7, 11) is 2.07. The highest BCUT2D eigenvalue weighted by Crippen LogP contribution is 2.41. The summed E-state index contributed by atoms with van der Waals surface area (Å²) in [6.45, 7) is 5.67. The van der Waals surface area contributed by atoms with E-state index in [1.807, 2.05) is 23.6 Å². The van der Waals surface area contributed by atoms with Crippen molar-refractivity contribution in [2.75, 3.05) is 50.0 Å². The Labute approximate surface area is 358 Å². The van der Waals surface area contributed by atoms with Crippen LogP contribution in [0.15, 0.2) is 79.1 Å². The number of amides is 4. The zero-order valence-electron chi connectivity index (χ0n) is 35.5. The second kappa shape index (κ2) is 19.3. The SMILES string of the molecule is CCC(=O)C[C@H]1C[C@@H](n2cnc3c(NCC(c4ccccc4)c4ccccc4)cc(N4CC[C@@H](NC(=O)NC5CCC(NC(=O)NC6CCN(C)C6)CC5)C4)cc32)[C@H](O)[C@@H]1O. The number of carbonyl (C=O) groups is 3. The van der Waals surface area contributed by atoms with Crippen molar-refractivity contribution in [3.05, 3.63) is 90.3 Å². The third kappa shape index (κ3) is 10.1. The molecule has 61 heavy (non-hydrogen) atoms. The summed E-state index contributed by atoms with van der Waals surface area (Å²) in [5.74, 6) is -0.185. The van der Waals surface area contributed by atoms with E-state index in [0.29, 0.717) is 25.9 Å². The molecule has 2 aliphatic heterocycles. The molecule has 14 heteroatoms. The number of fused-ring (bicyclic) bond motifs is 1. The molecule has 4 aromatic rings. The Balaban J connectivity index is 0.949. The van der Waals surface area contributed by atoms with Gasteiger partial charge in [0.1, 0.15) is 17.4 Å². The molecule has 0 spiro atoms. The van der Waals surface area contributed by atoms with E-state index in [1.54, 1.807) is 6.33 Å². The molecule has 3 aromatic carbocycles. The van der Waals surface area contributed by atoms with E-state index in [0.717, 1.165) is 80.6 Å². The molecule has 326 valence electrons. The third-order valence-corrected chi connectivity index (χ3v) is 13.6. The smallest absolute Gasteiger partial charge is 0.315 e.